The average Bonchev–Trinajstić information content (AvgIpc) is 2.14. The first-order valence-electron chi connectivity index (χ1n) is 4.30. The van der Waals surface area contributed by atoms with E-state index in [2.05, 4.69) is 6.58 Å². The second-order valence-corrected chi connectivity index (χ2v) is 3.34. The van der Waals surface area contributed by atoms with E-state index < -0.39 is 23.3 Å². The van der Waals surface area contributed by atoms with E-state index in [-0.39, 0.29) is 11.1 Å². The van der Waals surface area contributed by atoms with Crippen molar-refractivity contribution in [2.75, 3.05) is 0 Å². The Labute approximate surface area is 89.4 Å². The SMILES string of the molecule is C=C(C)C(=O)c1cc(F)cc(C(F)(F)F)c1. The second kappa shape index (κ2) is 4.08. The Morgan fingerprint density at radius 2 is 1.81 bits per heavy atom. The predicted octanol–water partition coefficient (Wildman–Crippen LogP) is 3.60. The molecule has 0 unspecified atom stereocenters. The van der Waals surface area contributed by atoms with Crippen LogP contribution in [0.3, 0.4) is 0 Å². The summed E-state index contributed by atoms with van der Waals surface area (Å²) < 4.78 is 49.8. The van der Waals surface area contributed by atoms with E-state index in [0.717, 1.165) is 6.07 Å². The normalized spacial score (nSPS) is 11.3. The van der Waals surface area contributed by atoms with E-state index in [1.54, 1.807) is 0 Å². The quantitative estimate of drug-likeness (QED) is 0.432. The molecule has 0 aliphatic rings. The molecule has 0 heterocycles. The molecular weight excluding hydrogens is 224 g/mol. The molecule has 1 nitrogen and oxygen atoms in total. The zero-order chi connectivity index (χ0) is 12.5. The first kappa shape index (κ1) is 12.4. The number of allylic oxidation sites excluding steroid dienone is 1. The number of alkyl halides is 3. The third kappa shape index (κ3) is 2.68. The van der Waals surface area contributed by atoms with Crippen molar-refractivity contribution >= 4 is 5.78 Å². The van der Waals surface area contributed by atoms with Crippen LogP contribution in [0, 0.1) is 5.82 Å². The molecule has 0 aromatic heterocycles. The highest BCUT2D eigenvalue weighted by molar-refractivity contribution is 6.07. The molecule has 86 valence electrons. The van der Waals surface area contributed by atoms with Crippen LogP contribution >= 0.6 is 0 Å². The fourth-order valence-corrected chi connectivity index (χ4v) is 1.13. The Bertz CT molecular complexity index is 446. The highest BCUT2D eigenvalue weighted by atomic mass is 19.4. The lowest BCUT2D eigenvalue weighted by Gasteiger charge is -2.08. The van der Waals surface area contributed by atoms with Crippen LogP contribution in [-0.2, 0) is 6.18 Å². The Hall–Kier alpha value is -1.65. The third-order valence-corrected chi connectivity index (χ3v) is 1.87. The molecule has 1 rings (SSSR count). The van der Waals surface area contributed by atoms with Crippen LogP contribution in [0.5, 0.6) is 0 Å². The molecule has 0 saturated heterocycles. The van der Waals surface area contributed by atoms with Crippen LogP contribution in [0.4, 0.5) is 17.6 Å². The lowest BCUT2D eigenvalue weighted by Crippen LogP contribution is -2.09. The number of hydrogen-bond acceptors (Lipinski definition) is 1. The summed E-state index contributed by atoms with van der Waals surface area (Å²) in [4.78, 5) is 11.3. The average molecular weight is 232 g/mol. The monoisotopic (exact) mass is 232 g/mol. The molecule has 1 aromatic rings. The molecule has 0 saturated carbocycles. The Morgan fingerprint density at radius 3 is 2.25 bits per heavy atom. The fraction of sp³-hybridized carbons (Fsp3) is 0.182. The molecule has 1 aromatic carbocycles. The van der Waals surface area contributed by atoms with Gasteiger partial charge in [-0.2, -0.15) is 13.2 Å². The first-order valence-corrected chi connectivity index (χ1v) is 4.30. The highest BCUT2D eigenvalue weighted by Gasteiger charge is 2.31. The lowest BCUT2D eigenvalue weighted by atomic mass is 10.0. The van der Waals surface area contributed by atoms with Crippen LogP contribution in [0.25, 0.3) is 0 Å². The number of carbonyl (C=O) groups is 1. The van der Waals surface area contributed by atoms with E-state index in [1.165, 1.54) is 6.92 Å². The molecule has 0 fully saturated rings. The second-order valence-electron chi connectivity index (χ2n) is 3.34. The minimum atomic E-state index is -4.67. The number of ketones is 1. The van der Waals surface area contributed by atoms with Gasteiger partial charge in [-0.15, -0.1) is 0 Å². The van der Waals surface area contributed by atoms with Gasteiger partial charge in [-0.3, -0.25) is 4.79 Å². The third-order valence-electron chi connectivity index (χ3n) is 1.87. The van der Waals surface area contributed by atoms with Gasteiger partial charge in [0.25, 0.3) is 0 Å². The number of Topliss-reactive ketones (excluding diaryl/α,β-unsaturated/α-hetero) is 1. The fourth-order valence-electron chi connectivity index (χ4n) is 1.13. The van der Waals surface area contributed by atoms with E-state index in [4.69, 9.17) is 0 Å². The summed E-state index contributed by atoms with van der Waals surface area (Å²) in [6.45, 7) is 4.65. The summed E-state index contributed by atoms with van der Waals surface area (Å²) in [5.41, 5.74) is -1.48. The number of carbonyl (C=O) groups excluding carboxylic acids is 1. The molecule has 0 aliphatic heterocycles. The summed E-state index contributed by atoms with van der Waals surface area (Å²) in [5.74, 6) is -1.80. The maximum absolute atomic E-state index is 12.9. The van der Waals surface area contributed by atoms with Gasteiger partial charge < -0.3 is 0 Å². The van der Waals surface area contributed by atoms with Gasteiger partial charge in [-0.05, 0) is 30.7 Å². The van der Waals surface area contributed by atoms with Gasteiger partial charge in [0.2, 0.25) is 0 Å². The Balaban J connectivity index is 3.29. The molecule has 0 aliphatic carbocycles. The van der Waals surface area contributed by atoms with E-state index >= 15 is 0 Å². The zero-order valence-electron chi connectivity index (χ0n) is 8.36. The van der Waals surface area contributed by atoms with Gasteiger partial charge in [0.15, 0.2) is 5.78 Å². The standard InChI is InChI=1S/C11H8F4O/c1-6(2)10(16)7-3-8(11(13,14)15)5-9(12)4-7/h3-5H,1H2,2H3. The number of hydrogen-bond donors (Lipinski definition) is 0. The van der Waals surface area contributed by atoms with Gasteiger partial charge in [-0.1, -0.05) is 6.58 Å². The summed E-state index contributed by atoms with van der Waals surface area (Å²) in [6.07, 6.45) is -4.67. The summed E-state index contributed by atoms with van der Waals surface area (Å²) >= 11 is 0. The number of rotatable bonds is 2. The molecule has 0 atom stereocenters. The van der Waals surface area contributed by atoms with E-state index in [1.807, 2.05) is 0 Å². The molecule has 0 radical (unpaired) electrons. The predicted molar refractivity (Wildman–Crippen MR) is 50.5 cm³/mol. The molecule has 0 spiro atoms. The first-order chi connectivity index (χ1) is 7.21. The minimum Gasteiger partial charge on any atom is -0.289 e. The molecule has 0 N–H and O–H groups in total. The number of halogens is 4. The van der Waals surface area contributed by atoms with Crippen molar-refractivity contribution in [1.82, 2.24) is 0 Å². The van der Waals surface area contributed by atoms with Gasteiger partial charge in [0.05, 0.1) is 5.56 Å². The Kier molecular flexibility index (Phi) is 3.16. The van der Waals surface area contributed by atoms with Gasteiger partial charge in [0.1, 0.15) is 5.82 Å². The smallest absolute Gasteiger partial charge is 0.289 e. The summed E-state index contributed by atoms with van der Waals surface area (Å²) in [6, 6.07) is 1.71. The maximum Gasteiger partial charge on any atom is 0.416 e. The van der Waals surface area contributed by atoms with Gasteiger partial charge >= 0.3 is 6.18 Å². The van der Waals surface area contributed by atoms with Crippen molar-refractivity contribution in [2.45, 2.75) is 13.1 Å². The van der Waals surface area contributed by atoms with Crippen molar-refractivity contribution in [1.29, 1.82) is 0 Å². The minimum absolute atomic E-state index is 0.0544. The largest absolute Gasteiger partial charge is 0.416 e. The molecule has 5 heteroatoms. The van der Waals surface area contributed by atoms with Crippen molar-refractivity contribution in [3.05, 3.63) is 47.3 Å². The van der Waals surface area contributed by atoms with E-state index in [9.17, 15) is 22.4 Å². The van der Waals surface area contributed by atoms with Gasteiger partial charge in [0, 0.05) is 5.56 Å². The number of benzene rings is 1. The van der Waals surface area contributed by atoms with Crippen LogP contribution < -0.4 is 0 Å². The van der Waals surface area contributed by atoms with Crippen molar-refractivity contribution < 1.29 is 22.4 Å². The summed E-state index contributed by atoms with van der Waals surface area (Å²) in [7, 11) is 0. The van der Waals surface area contributed by atoms with Crippen molar-refractivity contribution in [2.24, 2.45) is 0 Å². The van der Waals surface area contributed by atoms with Gasteiger partial charge in [-0.25, -0.2) is 4.39 Å². The molecule has 0 bridgehead atoms. The van der Waals surface area contributed by atoms with Crippen molar-refractivity contribution in [3.8, 4) is 0 Å². The van der Waals surface area contributed by atoms with E-state index in [0.29, 0.717) is 12.1 Å². The van der Waals surface area contributed by atoms with Crippen LogP contribution in [-0.4, -0.2) is 5.78 Å². The van der Waals surface area contributed by atoms with Crippen molar-refractivity contribution in [3.63, 3.8) is 0 Å². The van der Waals surface area contributed by atoms with Crippen LogP contribution in [0.1, 0.15) is 22.8 Å². The molecular formula is C11H8F4O. The molecule has 0 amide bonds. The van der Waals surface area contributed by atoms with Crippen LogP contribution in [0.2, 0.25) is 0 Å². The lowest BCUT2D eigenvalue weighted by molar-refractivity contribution is -0.137. The Morgan fingerprint density at radius 1 is 1.25 bits per heavy atom. The van der Waals surface area contributed by atoms with Crippen LogP contribution in [0.15, 0.2) is 30.4 Å². The zero-order valence-corrected chi connectivity index (χ0v) is 8.36. The topological polar surface area (TPSA) is 17.1 Å². The summed E-state index contributed by atoms with van der Waals surface area (Å²) in [5, 5.41) is 0. The highest BCUT2D eigenvalue weighted by Crippen LogP contribution is 2.30. The maximum atomic E-state index is 12.9. The molecule has 16 heavy (non-hydrogen) atoms.